The number of hydrogen-bond acceptors (Lipinski definition) is 6. The van der Waals surface area contributed by atoms with Crippen LogP contribution >= 0.6 is 0 Å². The highest BCUT2D eigenvalue weighted by molar-refractivity contribution is 6.16. The summed E-state index contributed by atoms with van der Waals surface area (Å²) in [6.45, 7) is 3.87. The molecule has 0 radical (unpaired) electrons. The molecule has 0 aliphatic carbocycles. The third kappa shape index (κ3) is 2.10. The SMILES string of the molecule is COc1c2c(cc3oc(=O)c4c5cccc(O)c5oc4c13)OC(C)(C)C=C2. The molecule has 6 nitrogen and oxygen atoms in total. The fraction of sp³-hybridized carbons (Fsp3) is 0.190. The standard InChI is InChI=1S/C21H16O6/c1-21(2)8-7-10-13(27-21)9-14-16(18(10)24-3)19-15(20(23)25-14)11-5-4-6-12(22)17(11)26-19/h4-9,22H,1-3H3. The average molecular weight is 364 g/mol. The van der Waals surface area contributed by atoms with Gasteiger partial charge in [-0.2, -0.15) is 0 Å². The van der Waals surface area contributed by atoms with Crippen LogP contribution in [0.25, 0.3) is 39.0 Å². The second-order valence-electron chi connectivity index (χ2n) is 7.08. The van der Waals surface area contributed by atoms with Crippen molar-refractivity contribution in [2.45, 2.75) is 19.4 Å². The minimum atomic E-state index is -0.547. The summed E-state index contributed by atoms with van der Waals surface area (Å²) in [5.41, 5.74) is 0.559. The summed E-state index contributed by atoms with van der Waals surface area (Å²) < 4.78 is 23.1. The lowest BCUT2D eigenvalue weighted by Gasteiger charge is -2.28. The summed E-state index contributed by atoms with van der Waals surface area (Å²) in [6.07, 6.45) is 3.86. The molecular weight excluding hydrogens is 348 g/mol. The van der Waals surface area contributed by atoms with Gasteiger partial charge in [0.1, 0.15) is 33.5 Å². The zero-order valence-electron chi connectivity index (χ0n) is 15.0. The van der Waals surface area contributed by atoms with Crippen molar-refractivity contribution in [1.82, 2.24) is 0 Å². The predicted molar refractivity (Wildman–Crippen MR) is 102 cm³/mol. The monoisotopic (exact) mass is 364 g/mol. The Labute approximate surface area is 153 Å². The van der Waals surface area contributed by atoms with E-state index in [-0.39, 0.29) is 16.7 Å². The van der Waals surface area contributed by atoms with Gasteiger partial charge in [-0.05, 0) is 38.1 Å². The van der Waals surface area contributed by atoms with Crippen LogP contribution in [0.2, 0.25) is 0 Å². The van der Waals surface area contributed by atoms with E-state index in [4.69, 9.17) is 18.3 Å². The number of phenols is 1. The maximum atomic E-state index is 12.7. The predicted octanol–water partition coefficient (Wildman–Crippen LogP) is 4.59. The molecule has 0 saturated heterocycles. The fourth-order valence-corrected chi connectivity index (χ4v) is 3.61. The van der Waals surface area contributed by atoms with Crippen LogP contribution in [0.3, 0.4) is 0 Å². The third-order valence-corrected chi connectivity index (χ3v) is 4.80. The number of hydrogen-bond donors (Lipinski definition) is 1. The highest BCUT2D eigenvalue weighted by Crippen LogP contribution is 2.45. The number of fused-ring (bicyclic) bond motifs is 6. The first-order valence-electron chi connectivity index (χ1n) is 8.50. The fourth-order valence-electron chi connectivity index (χ4n) is 3.61. The van der Waals surface area contributed by atoms with E-state index in [9.17, 15) is 9.90 Å². The second kappa shape index (κ2) is 5.07. The summed E-state index contributed by atoms with van der Waals surface area (Å²) in [7, 11) is 1.54. The van der Waals surface area contributed by atoms with Crippen LogP contribution in [0.15, 0.2) is 44.0 Å². The Morgan fingerprint density at radius 2 is 1.93 bits per heavy atom. The van der Waals surface area contributed by atoms with Crippen molar-refractivity contribution < 1.29 is 23.4 Å². The van der Waals surface area contributed by atoms with Crippen LogP contribution in [0, 0.1) is 0 Å². The molecule has 0 fully saturated rings. The molecule has 0 saturated carbocycles. The van der Waals surface area contributed by atoms with E-state index >= 15 is 0 Å². The summed E-state index contributed by atoms with van der Waals surface area (Å²) in [5.74, 6) is 1.01. The second-order valence-corrected chi connectivity index (χ2v) is 7.08. The maximum Gasteiger partial charge on any atom is 0.348 e. The summed E-state index contributed by atoms with van der Waals surface area (Å²) in [5, 5.41) is 11.4. The third-order valence-electron chi connectivity index (χ3n) is 4.80. The van der Waals surface area contributed by atoms with Crippen molar-refractivity contribution >= 4 is 39.0 Å². The number of furan rings is 1. The Morgan fingerprint density at radius 3 is 2.70 bits per heavy atom. The van der Waals surface area contributed by atoms with E-state index in [1.165, 1.54) is 6.07 Å². The Balaban J connectivity index is 2.01. The van der Waals surface area contributed by atoms with Crippen molar-refractivity contribution in [3.8, 4) is 17.2 Å². The van der Waals surface area contributed by atoms with Gasteiger partial charge in [0.2, 0.25) is 0 Å². The van der Waals surface area contributed by atoms with E-state index in [0.717, 1.165) is 5.56 Å². The van der Waals surface area contributed by atoms with Gasteiger partial charge in [-0.25, -0.2) is 4.79 Å². The molecule has 4 aromatic rings. The Hall–Kier alpha value is -3.41. The maximum absolute atomic E-state index is 12.7. The summed E-state index contributed by atoms with van der Waals surface area (Å²) >= 11 is 0. The zero-order chi connectivity index (χ0) is 18.9. The average Bonchev–Trinajstić information content (AvgIpc) is 3.00. The van der Waals surface area contributed by atoms with Crippen LogP contribution < -0.4 is 15.1 Å². The largest absolute Gasteiger partial charge is 0.504 e. The molecule has 3 heterocycles. The van der Waals surface area contributed by atoms with Crippen LogP contribution in [0.1, 0.15) is 19.4 Å². The van der Waals surface area contributed by atoms with Crippen molar-refractivity contribution in [1.29, 1.82) is 0 Å². The van der Waals surface area contributed by atoms with E-state index < -0.39 is 11.2 Å². The van der Waals surface area contributed by atoms with E-state index in [1.807, 2.05) is 26.0 Å². The minimum absolute atomic E-state index is 0.0434. The van der Waals surface area contributed by atoms with E-state index in [2.05, 4.69) is 0 Å². The van der Waals surface area contributed by atoms with Gasteiger partial charge >= 0.3 is 5.63 Å². The Kier molecular flexibility index (Phi) is 2.97. The minimum Gasteiger partial charge on any atom is -0.504 e. The molecule has 2 aromatic carbocycles. The quantitative estimate of drug-likeness (QED) is 0.498. The van der Waals surface area contributed by atoms with Gasteiger partial charge in [0, 0.05) is 11.5 Å². The number of phenolic OH excluding ortho intramolecular Hbond substituents is 1. The van der Waals surface area contributed by atoms with Gasteiger partial charge in [0.25, 0.3) is 0 Å². The molecule has 0 atom stereocenters. The number of rotatable bonds is 1. The number of aromatic hydroxyl groups is 1. The molecule has 0 spiro atoms. The topological polar surface area (TPSA) is 82.0 Å². The number of ether oxygens (including phenoxy) is 2. The van der Waals surface area contributed by atoms with Gasteiger partial charge < -0.3 is 23.4 Å². The Bertz CT molecular complexity index is 1340. The summed E-state index contributed by atoms with van der Waals surface area (Å²) in [4.78, 5) is 12.7. The molecule has 1 N–H and O–H groups in total. The Morgan fingerprint density at radius 1 is 1.11 bits per heavy atom. The molecule has 0 amide bonds. The van der Waals surface area contributed by atoms with Crippen molar-refractivity contribution in [3.63, 3.8) is 0 Å². The van der Waals surface area contributed by atoms with Crippen LogP contribution in [-0.2, 0) is 0 Å². The molecule has 2 aromatic heterocycles. The van der Waals surface area contributed by atoms with Gasteiger partial charge in [0.05, 0.1) is 12.7 Å². The molecule has 136 valence electrons. The molecular formula is C21H16O6. The lowest BCUT2D eigenvalue weighted by molar-refractivity contribution is 0.158. The molecule has 0 unspecified atom stereocenters. The van der Waals surface area contributed by atoms with Crippen molar-refractivity contribution in [2.24, 2.45) is 0 Å². The smallest absolute Gasteiger partial charge is 0.348 e. The highest BCUT2D eigenvalue weighted by Gasteiger charge is 2.28. The van der Waals surface area contributed by atoms with Gasteiger partial charge in [-0.1, -0.05) is 6.07 Å². The first-order valence-corrected chi connectivity index (χ1v) is 8.50. The van der Waals surface area contributed by atoms with Gasteiger partial charge in [-0.15, -0.1) is 0 Å². The molecule has 1 aliphatic heterocycles. The van der Waals surface area contributed by atoms with Crippen LogP contribution in [0.5, 0.6) is 17.2 Å². The molecule has 6 heteroatoms. The number of para-hydroxylation sites is 1. The van der Waals surface area contributed by atoms with Crippen molar-refractivity contribution in [2.75, 3.05) is 7.11 Å². The first kappa shape index (κ1) is 15.8. The van der Waals surface area contributed by atoms with Gasteiger partial charge in [-0.3, -0.25) is 0 Å². The molecule has 0 bridgehead atoms. The highest BCUT2D eigenvalue weighted by atomic mass is 16.5. The molecule has 27 heavy (non-hydrogen) atoms. The molecule has 5 rings (SSSR count). The normalized spacial score (nSPS) is 15.2. The van der Waals surface area contributed by atoms with Crippen LogP contribution in [-0.4, -0.2) is 17.8 Å². The van der Waals surface area contributed by atoms with Crippen molar-refractivity contribution in [3.05, 3.63) is 46.3 Å². The number of benzene rings is 2. The van der Waals surface area contributed by atoms with Crippen LogP contribution in [0.4, 0.5) is 0 Å². The lowest BCUT2D eigenvalue weighted by Crippen LogP contribution is -2.27. The van der Waals surface area contributed by atoms with E-state index in [1.54, 1.807) is 25.3 Å². The van der Waals surface area contributed by atoms with E-state index in [0.29, 0.717) is 33.4 Å². The molecule has 1 aliphatic rings. The lowest BCUT2D eigenvalue weighted by atomic mass is 9.99. The zero-order valence-corrected chi connectivity index (χ0v) is 15.0. The van der Waals surface area contributed by atoms with Gasteiger partial charge in [0.15, 0.2) is 16.9 Å². The number of methoxy groups -OCH3 is 1. The first-order chi connectivity index (χ1) is 12.9. The summed E-state index contributed by atoms with van der Waals surface area (Å²) in [6, 6.07) is 6.54.